The molecule has 1 amide bonds. The molecule has 1 atom stereocenters. The monoisotopic (exact) mass is 281 g/mol. The molecule has 7 heteroatoms. The third-order valence-electron chi connectivity index (χ3n) is 2.75. The van der Waals surface area contributed by atoms with E-state index >= 15 is 0 Å². The molecule has 0 radical (unpaired) electrons. The van der Waals surface area contributed by atoms with Crippen molar-refractivity contribution in [1.82, 2.24) is 4.90 Å². The van der Waals surface area contributed by atoms with Crippen molar-refractivity contribution in [3.05, 3.63) is 17.0 Å². The summed E-state index contributed by atoms with van der Waals surface area (Å²) in [7, 11) is 1.65. The first-order chi connectivity index (χ1) is 8.95. The average molecular weight is 281 g/mol. The molecule has 102 valence electrons. The number of likely N-dealkylation sites (N-methyl/N-ethyl adjacent to an activating group) is 1. The van der Waals surface area contributed by atoms with E-state index in [9.17, 15) is 9.59 Å². The molecule has 0 saturated heterocycles. The van der Waals surface area contributed by atoms with Gasteiger partial charge in [0.15, 0.2) is 0 Å². The molecule has 1 heterocycles. The van der Waals surface area contributed by atoms with E-state index in [1.54, 1.807) is 30.3 Å². The van der Waals surface area contributed by atoms with Crippen molar-refractivity contribution in [1.29, 1.82) is 5.26 Å². The second kappa shape index (κ2) is 6.87. The van der Waals surface area contributed by atoms with Gasteiger partial charge >= 0.3 is 5.97 Å². The van der Waals surface area contributed by atoms with Crippen LogP contribution in [-0.4, -0.2) is 41.5 Å². The number of carboxylic acid groups (broad SMARTS) is 1. The SMILES string of the molecule is CC(C(=O)O)N(C)CCC(=O)Nc1sccc1C#N. The molecular formula is C12H15N3O3S. The molecule has 0 aliphatic rings. The third-order valence-corrected chi connectivity index (χ3v) is 3.58. The lowest BCUT2D eigenvalue weighted by atomic mass is 10.2. The van der Waals surface area contributed by atoms with Gasteiger partial charge in [0.05, 0.1) is 5.56 Å². The first kappa shape index (κ1) is 15.1. The van der Waals surface area contributed by atoms with Crippen LogP contribution in [0.2, 0.25) is 0 Å². The van der Waals surface area contributed by atoms with Crippen LogP contribution in [0, 0.1) is 11.3 Å². The van der Waals surface area contributed by atoms with E-state index in [0.717, 1.165) is 0 Å². The molecule has 0 bridgehead atoms. The van der Waals surface area contributed by atoms with E-state index in [4.69, 9.17) is 10.4 Å². The Hall–Kier alpha value is -1.91. The van der Waals surface area contributed by atoms with Crippen LogP contribution in [0.25, 0.3) is 0 Å². The summed E-state index contributed by atoms with van der Waals surface area (Å²) in [5, 5.41) is 22.5. The maximum atomic E-state index is 11.7. The van der Waals surface area contributed by atoms with Crippen molar-refractivity contribution in [3.8, 4) is 6.07 Å². The van der Waals surface area contributed by atoms with E-state index in [1.165, 1.54) is 11.3 Å². The number of amides is 1. The summed E-state index contributed by atoms with van der Waals surface area (Å²) in [4.78, 5) is 24.0. The Morgan fingerprint density at radius 2 is 2.32 bits per heavy atom. The minimum atomic E-state index is -0.923. The predicted octanol–water partition coefficient (Wildman–Crippen LogP) is 1.35. The Labute approximate surface area is 115 Å². The van der Waals surface area contributed by atoms with Gasteiger partial charge < -0.3 is 10.4 Å². The highest BCUT2D eigenvalue weighted by molar-refractivity contribution is 7.14. The lowest BCUT2D eigenvalue weighted by molar-refractivity contribution is -0.142. The molecule has 0 fully saturated rings. The van der Waals surface area contributed by atoms with Crippen molar-refractivity contribution in [3.63, 3.8) is 0 Å². The molecule has 0 aliphatic carbocycles. The molecule has 1 aromatic heterocycles. The highest BCUT2D eigenvalue weighted by Gasteiger charge is 2.17. The van der Waals surface area contributed by atoms with Gasteiger partial charge in [-0.15, -0.1) is 11.3 Å². The van der Waals surface area contributed by atoms with E-state index in [0.29, 0.717) is 17.1 Å². The maximum Gasteiger partial charge on any atom is 0.320 e. The Kier molecular flexibility index (Phi) is 5.48. The number of hydrogen-bond acceptors (Lipinski definition) is 5. The largest absolute Gasteiger partial charge is 0.480 e. The van der Waals surface area contributed by atoms with Crippen molar-refractivity contribution in [2.45, 2.75) is 19.4 Å². The number of thiophene rings is 1. The van der Waals surface area contributed by atoms with Crippen LogP contribution in [0.15, 0.2) is 11.4 Å². The Balaban J connectivity index is 2.45. The highest BCUT2D eigenvalue weighted by Crippen LogP contribution is 2.22. The predicted molar refractivity (Wildman–Crippen MR) is 72.0 cm³/mol. The lowest BCUT2D eigenvalue weighted by Gasteiger charge is -2.20. The zero-order valence-corrected chi connectivity index (χ0v) is 11.5. The number of carboxylic acids is 1. The molecule has 2 N–H and O–H groups in total. The topological polar surface area (TPSA) is 93.4 Å². The first-order valence-corrected chi connectivity index (χ1v) is 6.54. The molecule has 0 aromatic carbocycles. The van der Waals surface area contributed by atoms with Crippen molar-refractivity contribution in [2.75, 3.05) is 18.9 Å². The molecule has 1 unspecified atom stereocenters. The van der Waals surface area contributed by atoms with E-state index in [-0.39, 0.29) is 12.3 Å². The smallest absolute Gasteiger partial charge is 0.320 e. The minimum Gasteiger partial charge on any atom is -0.480 e. The highest BCUT2D eigenvalue weighted by atomic mass is 32.1. The van der Waals surface area contributed by atoms with Crippen LogP contribution in [0.5, 0.6) is 0 Å². The fourth-order valence-corrected chi connectivity index (χ4v) is 2.10. The van der Waals surface area contributed by atoms with E-state index in [1.807, 2.05) is 6.07 Å². The van der Waals surface area contributed by atoms with Crippen LogP contribution in [0.3, 0.4) is 0 Å². The number of hydrogen-bond donors (Lipinski definition) is 2. The summed E-state index contributed by atoms with van der Waals surface area (Å²) in [6, 6.07) is 2.99. The summed E-state index contributed by atoms with van der Waals surface area (Å²) in [6.45, 7) is 1.90. The number of carbonyl (C=O) groups excluding carboxylic acids is 1. The van der Waals surface area contributed by atoms with Crippen LogP contribution < -0.4 is 5.32 Å². The fraction of sp³-hybridized carbons (Fsp3) is 0.417. The summed E-state index contributed by atoms with van der Waals surface area (Å²) in [6.07, 6.45) is 0.177. The van der Waals surface area contributed by atoms with Gasteiger partial charge in [-0.2, -0.15) is 5.26 Å². The zero-order valence-electron chi connectivity index (χ0n) is 10.7. The summed E-state index contributed by atoms with van der Waals surface area (Å²) in [5.41, 5.74) is 0.436. The molecule has 19 heavy (non-hydrogen) atoms. The number of nitrogens with zero attached hydrogens (tertiary/aromatic N) is 2. The van der Waals surface area contributed by atoms with Gasteiger partial charge in [-0.05, 0) is 25.4 Å². The number of nitriles is 1. The Bertz CT molecular complexity index is 507. The lowest BCUT2D eigenvalue weighted by Crippen LogP contribution is -2.37. The molecular weight excluding hydrogens is 266 g/mol. The third kappa shape index (κ3) is 4.35. The number of rotatable bonds is 6. The van der Waals surface area contributed by atoms with Crippen molar-refractivity contribution >= 4 is 28.2 Å². The number of aliphatic carboxylic acids is 1. The van der Waals surface area contributed by atoms with Crippen LogP contribution >= 0.6 is 11.3 Å². The van der Waals surface area contributed by atoms with Gasteiger partial charge in [-0.1, -0.05) is 0 Å². The van der Waals surface area contributed by atoms with Gasteiger partial charge in [-0.3, -0.25) is 14.5 Å². The second-order valence-electron chi connectivity index (χ2n) is 4.07. The average Bonchev–Trinajstić information content (AvgIpc) is 2.81. The van der Waals surface area contributed by atoms with Crippen molar-refractivity contribution in [2.24, 2.45) is 0 Å². The number of anilines is 1. The van der Waals surface area contributed by atoms with Gasteiger partial charge in [-0.25, -0.2) is 0 Å². The zero-order chi connectivity index (χ0) is 14.4. The molecule has 0 aliphatic heterocycles. The summed E-state index contributed by atoms with van der Waals surface area (Å²) in [5.74, 6) is -1.16. The van der Waals surface area contributed by atoms with Crippen molar-refractivity contribution < 1.29 is 14.7 Å². The van der Waals surface area contributed by atoms with Crippen LogP contribution in [0.1, 0.15) is 18.9 Å². The fourth-order valence-electron chi connectivity index (χ4n) is 1.34. The molecule has 1 rings (SSSR count). The maximum absolute atomic E-state index is 11.7. The normalized spacial score (nSPS) is 11.9. The number of nitrogens with one attached hydrogen (secondary N) is 1. The molecule has 1 aromatic rings. The first-order valence-electron chi connectivity index (χ1n) is 5.66. The standard InChI is InChI=1S/C12H15N3O3S/c1-8(12(17)18)15(2)5-3-10(16)14-11-9(7-13)4-6-19-11/h4,6,8H,3,5H2,1-2H3,(H,14,16)(H,17,18). The van der Waals surface area contributed by atoms with Gasteiger partial charge in [0.25, 0.3) is 0 Å². The molecule has 0 saturated carbocycles. The van der Waals surface area contributed by atoms with Gasteiger partial charge in [0, 0.05) is 13.0 Å². The minimum absolute atomic E-state index is 0.177. The van der Waals surface area contributed by atoms with E-state index < -0.39 is 12.0 Å². The Morgan fingerprint density at radius 1 is 1.63 bits per heavy atom. The summed E-state index contributed by atoms with van der Waals surface area (Å²) >= 11 is 1.29. The molecule has 6 nitrogen and oxygen atoms in total. The van der Waals surface area contributed by atoms with Crippen LogP contribution in [-0.2, 0) is 9.59 Å². The van der Waals surface area contributed by atoms with Gasteiger partial charge in [0.2, 0.25) is 5.91 Å². The Morgan fingerprint density at radius 3 is 2.89 bits per heavy atom. The number of carbonyl (C=O) groups is 2. The van der Waals surface area contributed by atoms with E-state index in [2.05, 4.69) is 5.32 Å². The summed E-state index contributed by atoms with van der Waals surface area (Å²) < 4.78 is 0. The quantitative estimate of drug-likeness (QED) is 0.821. The second-order valence-corrected chi connectivity index (χ2v) is 4.98. The van der Waals surface area contributed by atoms with Crippen LogP contribution in [0.4, 0.5) is 5.00 Å². The molecule has 0 spiro atoms. The van der Waals surface area contributed by atoms with Gasteiger partial charge in [0.1, 0.15) is 17.1 Å².